The number of aryl methyl sites for hydroxylation is 2. The highest BCUT2D eigenvalue weighted by Crippen LogP contribution is 2.27. The zero-order valence-corrected chi connectivity index (χ0v) is 21.2. The topological polar surface area (TPSA) is 83.4 Å². The van der Waals surface area contributed by atoms with Crippen LogP contribution >= 0.6 is 0 Å². The molecule has 1 N–H and O–H groups in total. The van der Waals surface area contributed by atoms with Crippen molar-refractivity contribution in [2.24, 2.45) is 0 Å². The number of hydrogen-bond acceptors (Lipinski definition) is 7. The zero-order chi connectivity index (χ0) is 25.5. The number of benzene rings is 2. The average Bonchev–Trinajstić information content (AvgIpc) is 3.38. The third-order valence-corrected chi connectivity index (χ3v) is 7.48. The van der Waals surface area contributed by atoms with Crippen molar-refractivity contribution in [2.45, 2.75) is 26.2 Å². The van der Waals surface area contributed by atoms with E-state index in [2.05, 4.69) is 51.4 Å². The molecule has 1 aliphatic heterocycles. The van der Waals surface area contributed by atoms with Gasteiger partial charge in [-0.2, -0.15) is 4.98 Å². The molecule has 1 aliphatic carbocycles. The third-order valence-electron chi connectivity index (χ3n) is 7.48. The number of fused-ring (bicyclic) bond motifs is 2. The van der Waals surface area contributed by atoms with Gasteiger partial charge in [-0.3, -0.25) is 9.59 Å². The molecule has 0 bridgehead atoms. The van der Waals surface area contributed by atoms with Gasteiger partial charge in [0.1, 0.15) is 0 Å². The van der Waals surface area contributed by atoms with Crippen molar-refractivity contribution in [3.05, 3.63) is 81.8 Å². The third kappa shape index (κ3) is 4.49. The molecule has 0 unspecified atom stereocenters. The Morgan fingerprint density at radius 1 is 0.946 bits per heavy atom. The number of nitrogens with zero attached hydrogens (tertiary/aromatic N) is 5. The first-order valence-corrected chi connectivity index (χ1v) is 12.8. The van der Waals surface area contributed by atoms with Gasteiger partial charge in [0.05, 0.1) is 10.9 Å². The lowest BCUT2D eigenvalue weighted by atomic mass is 10.1. The number of likely N-dealkylation sites (N-methyl/N-ethyl adjacent to an activating group) is 1. The van der Waals surface area contributed by atoms with Gasteiger partial charge < -0.3 is 19.7 Å². The standard InChI is InChI=1S/C29H30N6O2/c1-19(36)26-18-35(24-9-6-20-4-3-5-21(20)16-24)28-25(27(26)37)17-30-29(32-28)31-22-7-10-23(11-8-22)34-14-12-33(2)13-15-34/h6-11,16-18H,3-5,12-15H2,1-2H3,(H,30,31,32). The molecule has 0 saturated carbocycles. The first-order valence-electron chi connectivity index (χ1n) is 12.8. The maximum atomic E-state index is 13.1. The molecule has 3 heterocycles. The maximum Gasteiger partial charge on any atom is 0.229 e. The molecular weight excluding hydrogens is 464 g/mol. The number of hydrogen-bond donors (Lipinski definition) is 1. The highest BCUT2D eigenvalue weighted by atomic mass is 16.1. The summed E-state index contributed by atoms with van der Waals surface area (Å²) in [6.07, 6.45) is 6.40. The van der Waals surface area contributed by atoms with E-state index in [9.17, 15) is 9.59 Å². The quantitative estimate of drug-likeness (QED) is 0.421. The second-order valence-electron chi connectivity index (χ2n) is 10.00. The molecule has 6 rings (SSSR count). The van der Waals surface area contributed by atoms with Crippen LogP contribution in [0.3, 0.4) is 0 Å². The fourth-order valence-electron chi connectivity index (χ4n) is 5.28. The van der Waals surface area contributed by atoms with Gasteiger partial charge in [-0.1, -0.05) is 6.07 Å². The number of ketones is 1. The van der Waals surface area contributed by atoms with E-state index in [1.165, 1.54) is 29.9 Å². The van der Waals surface area contributed by atoms with Gasteiger partial charge in [-0.15, -0.1) is 0 Å². The predicted molar refractivity (Wildman–Crippen MR) is 147 cm³/mol. The van der Waals surface area contributed by atoms with Crippen LogP contribution in [0.15, 0.2) is 59.7 Å². The van der Waals surface area contributed by atoms with Gasteiger partial charge in [0.2, 0.25) is 11.4 Å². The number of Topliss-reactive ketones (excluding diaryl/α,β-unsaturated/α-hetero) is 1. The Morgan fingerprint density at radius 3 is 2.43 bits per heavy atom. The molecule has 8 nitrogen and oxygen atoms in total. The number of anilines is 3. The summed E-state index contributed by atoms with van der Waals surface area (Å²) in [5.41, 5.74) is 5.87. The number of pyridine rings is 1. The second kappa shape index (κ2) is 9.44. The molecule has 1 fully saturated rings. The van der Waals surface area contributed by atoms with Crippen molar-refractivity contribution < 1.29 is 4.79 Å². The van der Waals surface area contributed by atoms with E-state index >= 15 is 0 Å². The Morgan fingerprint density at radius 2 is 1.68 bits per heavy atom. The molecule has 2 aliphatic rings. The van der Waals surface area contributed by atoms with Crippen LogP contribution in [-0.2, 0) is 12.8 Å². The van der Waals surface area contributed by atoms with Gasteiger partial charge in [-0.25, -0.2) is 4.98 Å². The number of rotatable bonds is 5. The monoisotopic (exact) mass is 494 g/mol. The molecule has 37 heavy (non-hydrogen) atoms. The Kier molecular flexibility index (Phi) is 5.96. The smallest absolute Gasteiger partial charge is 0.229 e. The molecule has 1 saturated heterocycles. The fourth-order valence-corrected chi connectivity index (χ4v) is 5.28. The van der Waals surface area contributed by atoms with Gasteiger partial charge in [0.15, 0.2) is 11.4 Å². The summed E-state index contributed by atoms with van der Waals surface area (Å²) >= 11 is 0. The molecule has 2 aromatic heterocycles. The summed E-state index contributed by atoms with van der Waals surface area (Å²) in [5, 5.41) is 3.60. The highest BCUT2D eigenvalue weighted by Gasteiger charge is 2.18. The van der Waals surface area contributed by atoms with Crippen LogP contribution < -0.4 is 15.6 Å². The first-order chi connectivity index (χ1) is 18.0. The van der Waals surface area contributed by atoms with Crippen LogP contribution in [0.5, 0.6) is 0 Å². The summed E-state index contributed by atoms with van der Waals surface area (Å²) in [6.45, 7) is 5.56. The molecule has 0 radical (unpaired) electrons. The van der Waals surface area contributed by atoms with Crippen LogP contribution in [0.25, 0.3) is 16.7 Å². The van der Waals surface area contributed by atoms with Crippen molar-refractivity contribution in [2.75, 3.05) is 43.4 Å². The van der Waals surface area contributed by atoms with E-state index in [4.69, 9.17) is 4.98 Å². The number of nitrogens with one attached hydrogen (secondary N) is 1. The molecule has 0 spiro atoms. The van der Waals surface area contributed by atoms with Gasteiger partial charge >= 0.3 is 0 Å². The average molecular weight is 495 g/mol. The predicted octanol–water partition coefficient (Wildman–Crippen LogP) is 3.97. The lowest BCUT2D eigenvalue weighted by Gasteiger charge is -2.34. The summed E-state index contributed by atoms with van der Waals surface area (Å²) in [6, 6.07) is 14.6. The van der Waals surface area contributed by atoms with E-state index in [-0.39, 0.29) is 16.8 Å². The van der Waals surface area contributed by atoms with E-state index < -0.39 is 0 Å². The van der Waals surface area contributed by atoms with E-state index in [0.717, 1.165) is 56.8 Å². The molecule has 8 heteroatoms. The molecule has 4 aromatic rings. The zero-order valence-electron chi connectivity index (χ0n) is 21.2. The van der Waals surface area contributed by atoms with Gasteiger partial charge in [-0.05, 0) is 80.8 Å². The van der Waals surface area contributed by atoms with Crippen LogP contribution in [0, 0.1) is 0 Å². The molecule has 0 amide bonds. The summed E-state index contributed by atoms with van der Waals surface area (Å²) in [4.78, 5) is 39.2. The van der Waals surface area contributed by atoms with Crippen molar-refractivity contribution in [3.8, 4) is 5.69 Å². The van der Waals surface area contributed by atoms with E-state index in [0.29, 0.717) is 17.0 Å². The Balaban J connectivity index is 1.36. The highest BCUT2D eigenvalue weighted by molar-refractivity contribution is 5.97. The normalized spacial score (nSPS) is 15.7. The lowest BCUT2D eigenvalue weighted by Crippen LogP contribution is -2.44. The van der Waals surface area contributed by atoms with Crippen LogP contribution in [-0.4, -0.2) is 58.4 Å². The molecule has 0 atom stereocenters. The van der Waals surface area contributed by atoms with Gasteiger partial charge in [0.25, 0.3) is 0 Å². The number of carbonyl (C=O) groups excluding carboxylic acids is 1. The van der Waals surface area contributed by atoms with Crippen LogP contribution in [0.1, 0.15) is 34.8 Å². The van der Waals surface area contributed by atoms with Crippen molar-refractivity contribution in [1.82, 2.24) is 19.4 Å². The summed E-state index contributed by atoms with van der Waals surface area (Å²) < 4.78 is 1.84. The molecule has 2 aromatic carbocycles. The number of piperazine rings is 1. The van der Waals surface area contributed by atoms with E-state index in [1.807, 2.05) is 22.8 Å². The second-order valence-corrected chi connectivity index (χ2v) is 10.00. The van der Waals surface area contributed by atoms with Crippen molar-refractivity contribution in [1.29, 1.82) is 0 Å². The Bertz CT molecular complexity index is 1550. The largest absolute Gasteiger partial charge is 0.369 e. The molecule has 188 valence electrons. The molecular formula is C29H30N6O2. The van der Waals surface area contributed by atoms with Gasteiger partial charge in [0, 0.05) is 55.6 Å². The SMILES string of the molecule is CC(=O)c1cn(-c2ccc3c(c2)CCC3)c2nc(Nc3ccc(N4CCN(C)CC4)cc3)ncc2c1=O. The summed E-state index contributed by atoms with van der Waals surface area (Å²) in [5.74, 6) is 0.120. The van der Waals surface area contributed by atoms with Crippen molar-refractivity contribution >= 4 is 34.1 Å². The minimum atomic E-state index is -0.344. The van der Waals surface area contributed by atoms with Crippen LogP contribution in [0.2, 0.25) is 0 Å². The number of carbonyl (C=O) groups is 1. The van der Waals surface area contributed by atoms with Crippen molar-refractivity contribution in [3.63, 3.8) is 0 Å². The summed E-state index contributed by atoms with van der Waals surface area (Å²) in [7, 11) is 2.15. The Hall–Kier alpha value is -4.04. The first kappa shape index (κ1) is 23.4. The fraction of sp³-hybridized carbons (Fsp3) is 0.310. The minimum absolute atomic E-state index is 0.136. The number of aromatic nitrogens is 3. The van der Waals surface area contributed by atoms with Crippen LogP contribution in [0.4, 0.5) is 17.3 Å². The lowest BCUT2D eigenvalue weighted by molar-refractivity contribution is 0.101. The maximum absolute atomic E-state index is 13.1. The van der Waals surface area contributed by atoms with E-state index in [1.54, 1.807) is 6.20 Å². The minimum Gasteiger partial charge on any atom is -0.369 e. The Labute approximate surface area is 215 Å².